The summed E-state index contributed by atoms with van der Waals surface area (Å²) in [6, 6.07) is 10.7. The molecule has 19 heavy (non-hydrogen) atoms. The topological polar surface area (TPSA) is 32.3 Å². The molecule has 0 spiro atoms. The van der Waals surface area contributed by atoms with E-state index < -0.39 is 0 Å². The summed E-state index contributed by atoms with van der Waals surface area (Å²) >= 11 is 0. The first-order valence-electron chi connectivity index (χ1n) is 7.14. The predicted octanol–water partition coefficient (Wildman–Crippen LogP) is 2.59. The third kappa shape index (κ3) is 3.57. The fraction of sp³-hybridized carbons (Fsp3) is 0.562. The molecule has 1 fully saturated rings. The van der Waals surface area contributed by atoms with Crippen LogP contribution in [0.3, 0.4) is 0 Å². The van der Waals surface area contributed by atoms with Crippen LogP contribution < -0.4 is 5.32 Å². The van der Waals surface area contributed by atoms with E-state index in [1.807, 2.05) is 18.0 Å². The number of rotatable bonds is 5. The number of benzene rings is 1. The molecule has 0 radical (unpaired) electrons. The lowest BCUT2D eigenvalue weighted by Gasteiger charge is -2.24. The van der Waals surface area contributed by atoms with Gasteiger partial charge in [-0.25, -0.2) is 0 Å². The second kappa shape index (κ2) is 6.20. The highest BCUT2D eigenvalue weighted by atomic mass is 16.2. The van der Waals surface area contributed by atoms with Crippen molar-refractivity contribution >= 4 is 5.91 Å². The van der Waals surface area contributed by atoms with Crippen molar-refractivity contribution < 1.29 is 4.79 Å². The third-order valence-electron chi connectivity index (χ3n) is 3.74. The molecule has 1 saturated heterocycles. The minimum Gasteiger partial charge on any atom is -0.344 e. The number of likely N-dealkylation sites (N-methyl/N-ethyl adjacent to an activating group) is 1. The van der Waals surface area contributed by atoms with E-state index in [2.05, 4.69) is 43.4 Å². The van der Waals surface area contributed by atoms with Crippen LogP contribution in [0.25, 0.3) is 0 Å². The van der Waals surface area contributed by atoms with E-state index in [0.29, 0.717) is 5.92 Å². The first-order valence-corrected chi connectivity index (χ1v) is 7.14. The number of carbonyl (C=O) groups is 1. The molecule has 0 aliphatic carbocycles. The molecule has 0 aromatic heterocycles. The van der Waals surface area contributed by atoms with Crippen molar-refractivity contribution in [2.75, 3.05) is 13.6 Å². The van der Waals surface area contributed by atoms with Crippen molar-refractivity contribution in [1.29, 1.82) is 0 Å². The molecule has 1 heterocycles. The lowest BCUT2D eigenvalue weighted by atomic mass is 9.96. The van der Waals surface area contributed by atoms with Crippen molar-refractivity contribution in [3.63, 3.8) is 0 Å². The second-order valence-corrected chi connectivity index (χ2v) is 5.86. The Labute approximate surface area is 116 Å². The summed E-state index contributed by atoms with van der Waals surface area (Å²) in [5, 5.41) is 3.55. The first kappa shape index (κ1) is 14.1. The maximum absolute atomic E-state index is 12.0. The zero-order valence-corrected chi connectivity index (χ0v) is 12.1. The van der Waals surface area contributed by atoms with Crippen LogP contribution in [0, 0.1) is 5.92 Å². The van der Waals surface area contributed by atoms with E-state index in [-0.39, 0.29) is 18.0 Å². The summed E-state index contributed by atoms with van der Waals surface area (Å²) in [6.07, 6.45) is 1.97. The number of hydrogen-bond acceptors (Lipinski definition) is 2. The fourth-order valence-electron chi connectivity index (χ4n) is 2.68. The monoisotopic (exact) mass is 260 g/mol. The zero-order valence-electron chi connectivity index (χ0n) is 12.1. The lowest BCUT2D eigenvalue weighted by Crippen LogP contribution is -2.39. The van der Waals surface area contributed by atoms with E-state index in [0.717, 1.165) is 19.4 Å². The van der Waals surface area contributed by atoms with Crippen LogP contribution >= 0.6 is 0 Å². The number of nitrogens with zero attached hydrogens (tertiary/aromatic N) is 1. The van der Waals surface area contributed by atoms with Crippen LogP contribution in [-0.4, -0.2) is 30.4 Å². The minimum atomic E-state index is -0.0195. The zero-order chi connectivity index (χ0) is 13.8. The molecular formula is C16H24N2O. The Bertz CT molecular complexity index is 416. The van der Waals surface area contributed by atoms with Gasteiger partial charge in [-0.15, -0.1) is 0 Å². The predicted molar refractivity (Wildman–Crippen MR) is 77.8 cm³/mol. The third-order valence-corrected chi connectivity index (χ3v) is 3.74. The van der Waals surface area contributed by atoms with Crippen molar-refractivity contribution in [2.24, 2.45) is 5.92 Å². The summed E-state index contributed by atoms with van der Waals surface area (Å²) in [4.78, 5) is 13.8. The molecule has 104 valence electrons. The van der Waals surface area contributed by atoms with Gasteiger partial charge in [0.1, 0.15) is 0 Å². The Balaban J connectivity index is 2.09. The molecule has 2 unspecified atom stereocenters. The van der Waals surface area contributed by atoms with Crippen LogP contribution in [0.2, 0.25) is 0 Å². The summed E-state index contributed by atoms with van der Waals surface area (Å²) in [6.45, 7) is 5.31. The van der Waals surface area contributed by atoms with E-state index in [4.69, 9.17) is 0 Å². The van der Waals surface area contributed by atoms with Gasteiger partial charge in [0.05, 0.1) is 6.04 Å². The van der Waals surface area contributed by atoms with Crippen molar-refractivity contribution in [2.45, 2.75) is 38.8 Å². The van der Waals surface area contributed by atoms with Crippen molar-refractivity contribution in [3.8, 4) is 0 Å². The molecule has 0 bridgehead atoms. The summed E-state index contributed by atoms with van der Waals surface area (Å²) in [7, 11) is 1.88. The Hall–Kier alpha value is -1.35. The van der Waals surface area contributed by atoms with E-state index in [9.17, 15) is 4.79 Å². The number of amides is 1. The second-order valence-electron chi connectivity index (χ2n) is 5.86. The summed E-state index contributed by atoms with van der Waals surface area (Å²) in [5.41, 5.74) is 1.28. The van der Waals surface area contributed by atoms with Crippen molar-refractivity contribution in [1.82, 2.24) is 10.2 Å². The van der Waals surface area contributed by atoms with Crippen LogP contribution in [0.4, 0.5) is 0 Å². The molecule has 3 heteroatoms. The molecule has 3 nitrogen and oxygen atoms in total. The molecule has 1 N–H and O–H groups in total. The Morgan fingerprint density at radius 1 is 1.32 bits per heavy atom. The van der Waals surface area contributed by atoms with E-state index in [1.165, 1.54) is 5.56 Å². The standard InChI is InChI=1S/C16H24N2O/c1-12(2)11-15(13-7-5-4-6-8-13)17-14-9-10-18(3)16(14)19/h4-8,12,14-15,17H,9-11H2,1-3H3. The van der Waals surface area contributed by atoms with Gasteiger partial charge in [-0.2, -0.15) is 0 Å². The lowest BCUT2D eigenvalue weighted by molar-refractivity contribution is -0.128. The van der Waals surface area contributed by atoms with Crippen LogP contribution in [0.15, 0.2) is 30.3 Å². The van der Waals surface area contributed by atoms with Crippen molar-refractivity contribution in [3.05, 3.63) is 35.9 Å². The minimum absolute atomic E-state index is 0.0195. The summed E-state index contributed by atoms with van der Waals surface area (Å²) in [5.74, 6) is 0.830. The Morgan fingerprint density at radius 3 is 2.53 bits per heavy atom. The van der Waals surface area contributed by atoms with Crippen LogP contribution in [0.5, 0.6) is 0 Å². The average Bonchev–Trinajstić information content (AvgIpc) is 2.70. The quantitative estimate of drug-likeness (QED) is 0.882. The largest absolute Gasteiger partial charge is 0.344 e. The highest BCUT2D eigenvalue weighted by Gasteiger charge is 2.31. The Morgan fingerprint density at radius 2 is 2.00 bits per heavy atom. The molecule has 2 atom stereocenters. The first-order chi connectivity index (χ1) is 9.08. The Kier molecular flexibility index (Phi) is 4.59. The van der Waals surface area contributed by atoms with Gasteiger partial charge in [-0.3, -0.25) is 10.1 Å². The van der Waals surface area contributed by atoms with E-state index >= 15 is 0 Å². The van der Waals surface area contributed by atoms with Gasteiger partial charge < -0.3 is 4.90 Å². The normalized spacial score (nSPS) is 21.2. The van der Waals surface area contributed by atoms with Gasteiger partial charge in [0.2, 0.25) is 5.91 Å². The highest BCUT2D eigenvalue weighted by molar-refractivity contribution is 5.83. The van der Waals surface area contributed by atoms with Gasteiger partial charge in [0.15, 0.2) is 0 Å². The highest BCUT2D eigenvalue weighted by Crippen LogP contribution is 2.23. The summed E-state index contributed by atoms with van der Waals surface area (Å²) < 4.78 is 0. The maximum Gasteiger partial charge on any atom is 0.239 e. The molecule has 1 aliphatic heterocycles. The van der Waals surface area contributed by atoms with Gasteiger partial charge in [-0.1, -0.05) is 44.2 Å². The van der Waals surface area contributed by atoms with Crippen LogP contribution in [-0.2, 0) is 4.79 Å². The number of hydrogen-bond donors (Lipinski definition) is 1. The van der Waals surface area contributed by atoms with Gasteiger partial charge in [0.25, 0.3) is 0 Å². The molecule has 1 aromatic rings. The molecule has 0 saturated carbocycles. The maximum atomic E-state index is 12.0. The fourth-order valence-corrected chi connectivity index (χ4v) is 2.68. The SMILES string of the molecule is CC(C)CC(NC1CCN(C)C1=O)c1ccccc1. The number of nitrogens with one attached hydrogen (secondary N) is 1. The van der Waals surface area contributed by atoms with Gasteiger partial charge in [-0.05, 0) is 24.3 Å². The number of likely N-dealkylation sites (tertiary alicyclic amines) is 1. The van der Waals surface area contributed by atoms with Gasteiger partial charge >= 0.3 is 0 Å². The molecule has 1 amide bonds. The molecular weight excluding hydrogens is 236 g/mol. The molecule has 1 aliphatic rings. The van der Waals surface area contributed by atoms with E-state index in [1.54, 1.807) is 0 Å². The van der Waals surface area contributed by atoms with Gasteiger partial charge in [0, 0.05) is 19.6 Å². The molecule has 1 aromatic carbocycles. The number of carbonyl (C=O) groups excluding carboxylic acids is 1. The average molecular weight is 260 g/mol. The van der Waals surface area contributed by atoms with Crippen LogP contribution in [0.1, 0.15) is 38.3 Å². The molecule has 2 rings (SSSR count). The smallest absolute Gasteiger partial charge is 0.239 e.